The van der Waals surface area contributed by atoms with E-state index in [4.69, 9.17) is 0 Å². The highest BCUT2D eigenvalue weighted by molar-refractivity contribution is 5.14. The van der Waals surface area contributed by atoms with Crippen LogP contribution in [-0.2, 0) is 13.1 Å². The van der Waals surface area contributed by atoms with Gasteiger partial charge >= 0.3 is 0 Å². The van der Waals surface area contributed by atoms with Crippen molar-refractivity contribution < 1.29 is 0 Å². The first-order valence-corrected chi connectivity index (χ1v) is 8.39. The second-order valence-electron chi connectivity index (χ2n) is 7.32. The smallest absolute Gasteiger partial charge is 0.0544 e. The molecule has 0 aromatic carbocycles. The van der Waals surface area contributed by atoms with E-state index in [2.05, 4.69) is 55.0 Å². The van der Waals surface area contributed by atoms with Gasteiger partial charge in [0.1, 0.15) is 0 Å². The molecule has 1 saturated heterocycles. The Bertz CT molecular complexity index is 403. The number of pyridine rings is 1. The Kier molecular flexibility index (Phi) is 6.19. The van der Waals surface area contributed by atoms with Gasteiger partial charge in [-0.15, -0.1) is 0 Å². The van der Waals surface area contributed by atoms with Crippen LogP contribution in [0.25, 0.3) is 0 Å². The summed E-state index contributed by atoms with van der Waals surface area (Å²) in [6.07, 6.45) is 3.39. The second kappa shape index (κ2) is 7.90. The molecule has 0 bridgehead atoms. The Morgan fingerprint density at radius 1 is 1.24 bits per heavy atom. The topological polar surface area (TPSA) is 28.2 Å². The molecule has 1 aromatic rings. The Hall–Kier alpha value is -0.930. The number of nitrogens with one attached hydrogen (secondary N) is 1. The molecular formula is C18H31N3. The molecule has 1 fully saturated rings. The molecule has 3 heteroatoms. The van der Waals surface area contributed by atoms with Crippen LogP contribution in [0.3, 0.4) is 0 Å². The second-order valence-corrected chi connectivity index (χ2v) is 7.32. The SMILES string of the molecule is CC(C)CNCc1ccc(CN2CC(C)CC(C)C2)nc1. The van der Waals surface area contributed by atoms with Crippen molar-refractivity contribution in [3.05, 3.63) is 29.6 Å². The molecule has 21 heavy (non-hydrogen) atoms. The third-order valence-electron chi connectivity index (χ3n) is 4.10. The first-order valence-electron chi connectivity index (χ1n) is 8.39. The molecule has 2 heterocycles. The average Bonchev–Trinajstić information content (AvgIpc) is 2.39. The molecular weight excluding hydrogens is 258 g/mol. The van der Waals surface area contributed by atoms with Crippen LogP contribution in [0.15, 0.2) is 18.3 Å². The molecule has 1 aliphatic rings. The van der Waals surface area contributed by atoms with Crippen molar-refractivity contribution in [2.45, 2.75) is 47.2 Å². The van der Waals surface area contributed by atoms with Crippen molar-refractivity contribution in [2.24, 2.45) is 17.8 Å². The number of aromatic nitrogens is 1. The predicted molar refractivity (Wildman–Crippen MR) is 89.0 cm³/mol. The molecule has 1 aliphatic heterocycles. The normalized spacial score (nSPS) is 23.7. The summed E-state index contributed by atoms with van der Waals surface area (Å²) < 4.78 is 0. The molecule has 1 aromatic heterocycles. The summed E-state index contributed by atoms with van der Waals surface area (Å²) in [7, 11) is 0. The summed E-state index contributed by atoms with van der Waals surface area (Å²) in [6, 6.07) is 4.41. The van der Waals surface area contributed by atoms with E-state index in [0.29, 0.717) is 5.92 Å². The van der Waals surface area contributed by atoms with Crippen molar-refractivity contribution in [2.75, 3.05) is 19.6 Å². The van der Waals surface area contributed by atoms with Gasteiger partial charge in [-0.2, -0.15) is 0 Å². The molecule has 0 radical (unpaired) electrons. The van der Waals surface area contributed by atoms with Gasteiger partial charge in [0.25, 0.3) is 0 Å². The fraction of sp³-hybridized carbons (Fsp3) is 0.722. The quantitative estimate of drug-likeness (QED) is 0.871. The van der Waals surface area contributed by atoms with Crippen LogP contribution in [0.2, 0.25) is 0 Å². The molecule has 3 nitrogen and oxygen atoms in total. The minimum Gasteiger partial charge on any atom is -0.312 e. The molecule has 118 valence electrons. The highest BCUT2D eigenvalue weighted by Crippen LogP contribution is 2.22. The zero-order valence-electron chi connectivity index (χ0n) is 14.1. The van der Waals surface area contributed by atoms with Gasteiger partial charge in [-0.05, 0) is 42.3 Å². The summed E-state index contributed by atoms with van der Waals surface area (Å²) >= 11 is 0. The van der Waals surface area contributed by atoms with Crippen molar-refractivity contribution in [3.63, 3.8) is 0 Å². The lowest BCUT2D eigenvalue weighted by Crippen LogP contribution is -2.38. The molecule has 2 atom stereocenters. The van der Waals surface area contributed by atoms with Crippen LogP contribution in [0.5, 0.6) is 0 Å². The number of nitrogens with zero attached hydrogens (tertiary/aromatic N) is 2. The maximum Gasteiger partial charge on any atom is 0.0544 e. The third kappa shape index (κ3) is 5.76. The van der Waals surface area contributed by atoms with Gasteiger partial charge in [0.15, 0.2) is 0 Å². The van der Waals surface area contributed by atoms with Crippen LogP contribution in [0.4, 0.5) is 0 Å². The summed E-state index contributed by atoms with van der Waals surface area (Å²) in [5.74, 6) is 2.32. The summed E-state index contributed by atoms with van der Waals surface area (Å²) in [5, 5.41) is 3.46. The maximum atomic E-state index is 4.64. The molecule has 0 spiro atoms. The molecule has 2 unspecified atom stereocenters. The monoisotopic (exact) mass is 289 g/mol. The molecule has 2 rings (SSSR count). The zero-order chi connectivity index (χ0) is 15.2. The van der Waals surface area contributed by atoms with Crippen LogP contribution in [0.1, 0.15) is 45.4 Å². The Labute approximate surface area is 130 Å². The predicted octanol–water partition coefficient (Wildman–Crippen LogP) is 3.31. The first kappa shape index (κ1) is 16.4. The van der Waals surface area contributed by atoms with Crippen molar-refractivity contribution in [3.8, 4) is 0 Å². The summed E-state index contributed by atoms with van der Waals surface area (Å²) in [5.41, 5.74) is 2.48. The van der Waals surface area contributed by atoms with E-state index in [1.165, 1.54) is 30.8 Å². The number of likely N-dealkylation sites (tertiary alicyclic amines) is 1. The van der Waals surface area contributed by atoms with E-state index in [0.717, 1.165) is 31.5 Å². The van der Waals surface area contributed by atoms with Crippen LogP contribution >= 0.6 is 0 Å². The van der Waals surface area contributed by atoms with E-state index in [9.17, 15) is 0 Å². The lowest BCUT2D eigenvalue weighted by atomic mass is 9.92. The number of hydrogen-bond acceptors (Lipinski definition) is 3. The number of rotatable bonds is 6. The van der Waals surface area contributed by atoms with E-state index < -0.39 is 0 Å². The summed E-state index contributed by atoms with van der Waals surface area (Å²) in [4.78, 5) is 7.19. The van der Waals surface area contributed by atoms with Gasteiger partial charge in [-0.3, -0.25) is 9.88 Å². The first-order chi connectivity index (χ1) is 10.0. The summed E-state index contributed by atoms with van der Waals surface area (Å²) in [6.45, 7) is 14.6. The fourth-order valence-corrected chi connectivity index (χ4v) is 3.31. The van der Waals surface area contributed by atoms with Crippen molar-refractivity contribution in [1.82, 2.24) is 15.2 Å². The van der Waals surface area contributed by atoms with E-state index in [1.54, 1.807) is 0 Å². The Balaban J connectivity index is 1.81. The van der Waals surface area contributed by atoms with Crippen LogP contribution in [0, 0.1) is 17.8 Å². The molecule has 0 amide bonds. The Morgan fingerprint density at radius 3 is 2.52 bits per heavy atom. The van der Waals surface area contributed by atoms with E-state index >= 15 is 0 Å². The minimum absolute atomic E-state index is 0.695. The van der Waals surface area contributed by atoms with Crippen LogP contribution < -0.4 is 5.32 Å². The zero-order valence-corrected chi connectivity index (χ0v) is 14.1. The largest absolute Gasteiger partial charge is 0.312 e. The van der Waals surface area contributed by atoms with Gasteiger partial charge < -0.3 is 5.32 Å². The molecule has 0 aliphatic carbocycles. The van der Waals surface area contributed by atoms with Gasteiger partial charge in [0, 0.05) is 32.4 Å². The number of hydrogen-bond donors (Lipinski definition) is 1. The Morgan fingerprint density at radius 2 is 1.95 bits per heavy atom. The maximum absolute atomic E-state index is 4.64. The van der Waals surface area contributed by atoms with Crippen molar-refractivity contribution >= 4 is 0 Å². The lowest BCUT2D eigenvalue weighted by molar-refractivity contribution is 0.133. The van der Waals surface area contributed by atoms with Gasteiger partial charge in [-0.25, -0.2) is 0 Å². The molecule has 1 N–H and O–H groups in total. The van der Waals surface area contributed by atoms with Gasteiger partial charge in [-0.1, -0.05) is 33.8 Å². The highest BCUT2D eigenvalue weighted by Gasteiger charge is 2.21. The van der Waals surface area contributed by atoms with E-state index in [1.807, 2.05) is 6.20 Å². The van der Waals surface area contributed by atoms with Crippen LogP contribution in [-0.4, -0.2) is 29.5 Å². The third-order valence-corrected chi connectivity index (χ3v) is 4.10. The average molecular weight is 289 g/mol. The lowest BCUT2D eigenvalue weighted by Gasteiger charge is -2.34. The minimum atomic E-state index is 0.695. The number of piperidine rings is 1. The van der Waals surface area contributed by atoms with Crippen molar-refractivity contribution in [1.29, 1.82) is 0 Å². The standard InChI is InChI=1S/C18H31N3/c1-14(2)8-19-9-17-5-6-18(20-10-17)13-21-11-15(3)7-16(4)12-21/h5-6,10,14-16,19H,7-9,11-13H2,1-4H3. The molecule has 0 saturated carbocycles. The fourth-order valence-electron chi connectivity index (χ4n) is 3.31. The van der Waals surface area contributed by atoms with E-state index in [-0.39, 0.29) is 0 Å². The van der Waals surface area contributed by atoms with Gasteiger partial charge in [0.2, 0.25) is 0 Å². The highest BCUT2D eigenvalue weighted by atomic mass is 15.1. The van der Waals surface area contributed by atoms with Gasteiger partial charge in [0.05, 0.1) is 5.69 Å².